The Bertz CT molecular complexity index is 696. The standard InChI is InChI=1S/C19H22F6N2O2/c1-2-3-4-5-6-7-8-15(16(26)28)27-17(29)12-9-13(18(20,21)22)11-14(10-12)19(23,24)25/h2,9-11,15H,1,3-8H2,(H2,26,28)(H,27,29)/t15-/m1/s1. The van der Waals surface area contributed by atoms with Gasteiger partial charge in [-0.2, -0.15) is 26.3 Å². The van der Waals surface area contributed by atoms with Crippen molar-refractivity contribution < 1.29 is 35.9 Å². The van der Waals surface area contributed by atoms with E-state index >= 15 is 0 Å². The maximum atomic E-state index is 12.9. The second kappa shape index (κ2) is 10.3. The molecule has 29 heavy (non-hydrogen) atoms. The van der Waals surface area contributed by atoms with Crippen molar-refractivity contribution in [1.29, 1.82) is 0 Å². The molecule has 0 aromatic heterocycles. The summed E-state index contributed by atoms with van der Waals surface area (Å²) in [6.45, 7) is 3.58. The number of halogens is 6. The van der Waals surface area contributed by atoms with Crippen LogP contribution in [0.4, 0.5) is 26.3 Å². The van der Waals surface area contributed by atoms with Crippen LogP contribution >= 0.6 is 0 Å². The van der Waals surface area contributed by atoms with Crippen LogP contribution in [0.15, 0.2) is 30.9 Å². The number of rotatable bonds is 10. The van der Waals surface area contributed by atoms with Crippen LogP contribution in [0.3, 0.4) is 0 Å². The van der Waals surface area contributed by atoms with Crippen LogP contribution in [-0.2, 0) is 17.1 Å². The molecular formula is C19H22F6N2O2. The molecule has 1 atom stereocenters. The maximum absolute atomic E-state index is 12.9. The highest BCUT2D eigenvalue weighted by molar-refractivity contribution is 5.97. The van der Waals surface area contributed by atoms with Crippen LogP contribution in [-0.4, -0.2) is 17.9 Å². The molecule has 2 amide bonds. The molecule has 1 aromatic rings. The number of hydrogen-bond donors (Lipinski definition) is 2. The Kier molecular flexibility index (Phi) is 8.72. The summed E-state index contributed by atoms with van der Waals surface area (Å²) >= 11 is 0. The van der Waals surface area contributed by atoms with Crippen LogP contribution in [0.5, 0.6) is 0 Å². The summed E-state index contributed by atoms with van der Waals surface area (Å²) in [4.78, 5) is 23.7. The molecule has 0 aliphatic carbocycles. The fourth-order valence-electron chi connectivity index (χ4n) is 2.60. The molecule has 4 nitrogen and oxygen atoms in total. The number of hydrogen-bond acceptors (Lipinski definition) is 2. The average molecular weight is 424 g/mol. The van der Waals surface area contributed by atoms with Gasteiger partial charge in [-0.15, -0.1) is 6.58 Å². The summed E-state index contributed by atoms with van der Waals surface area (Å²) in [6, 6.07) is -0.674. The van der Waals surface area contributed by atoms with E-state index in [1.807, 2.05) is 0 Å². The van der Waals surface area contributed by atoms with Gasteiger partial charge in [0.2, 0.25) is 5.91 Å². The van der Waals surface area contributed by atoms with Crippen molar-refractivity contribution in [3.8, 4) is 0 Å². The normalized spacial score (nSPS) is 13.0. The molecule has 1 rings (SSSR count). The maximum Gasteiger partial charge on any atom is 0.416 e. The van der Waals surface area contributed by atoms with Crippen LogP contribution < -0.4 is 11.1 Å². The minimum Gasteiger partial charge on any atom is -0.368 e. The number of carbonyl (C=O) groups is 2. The van der Waals surface area contributed by atoms with Crippen molar-refractivity contribution >= 4 is 11.8 Å². The number of carbonyl (C=O) groups excluding carboxylic acids is 2. The molecule has 0 unspecified atom stereocenters. The smallest absolute Gasteiger partial charge is 0.368 e. The number of allylic oxidation sites excluding steroid dienone is 1. The second-order valence-corrected chi connectivity index (χ2v) is 6.50. The first kappa shape index (κ1) is 24.5. The summed E-state index contributed by atoms with van der Waals surface area (Å²) < 4.78 is 77.4. The fraction of sp³-hybridized carbons (Fsp3) is 0.474. The molecule has 0 spiro atoms. The van der Waals surface area contributed by atoms with Crippen LogP contribution in [0.25, 0.3) is 0 Å². The van der Waals surface area contributed by atoms with Gasteiger partial charge in [-0.05, 0) is 37.5 Å². The first-order valence-electron chi connectivity index (χ1n) is 8.86. The van der Waals surface area contributed by atoms with Crippen molar-refractivity contribution in [1.82, 2.24) is 5.32 Å². The molecule has 0 bridgehead atoms. The fourth-order valence-corrected chi connectivity index (χ4v) is 2.60. The lowest BCUT2D eigenvalue weighted by Gasteiger charge is -2.17. The monoisotopic (exact) mass is 424 g/mol. The molecule has 1 aromatic carbocycles. The SMILES string of the molecule is C=CCCCCCC[C@@H](NC(=O)c1cc(C(F)(F)F)cc(C(F)(F)F)c1)C(N)=O. The Hall–Kier alpha value is -2.52. The Balaban J connectivity index is 2.94. The van der Waals surface area contributed by atoms with E-state index in [0.29, 0.717) is 18.6 Å². The summed E-state index contributed by atoms with van der Waals surface area (Å²) in [5.41, 5.74) is 1.11. The molecule has 0 saturated heterocycles. The molecular weight excluding hydrogens is 402 g/mol. The number of alkyl halides is 6. The van der Waals surface area contributed by atoms with E-state index < -0.39 is 46.9 Å². The van der Waals surface area contributed by atoms with Crippen LogP contribution in [0.1, 0.15) is 60.0 Å². The third-order valence-corrected chi connectivity index (χ3v) is 4.15. The van der Waals surface area contributed by atoms with Crippen molar-refractivity contribution in [2.24, 2.45) is 5.73 Å². The topological polar surface area (TPSA) is 72.2 Å². The number of nitrogens with two attached hydrogens (primary N) is 1. The number of unbranched alkanes of at least 4 members (excludes halogenated alkanes) is 4. The van der Waals surface area contributed by atoms with Gasteiger partial charge in [0.25, 0.3) is 5.91 Å². The zero-order chi connectivity index (χ0) is 22.2. The second-order valence-electron chi connectivity index (χ2n) is 6.50. The Morgan fingerprint density at radius 1 is 0.966 bits per heavy atom. The van der Waals surface area contributed by atoms with Gasteiger partial charge in [0, 0.05) is 5.56 Å². The van der Waals surface area contributed by atoms with Crippen LogP contribution in [0.2, 0.25) is 0 Å². The predicted octanol–water partition coefficient (Wildman–Crippen LogP) is 4.83. The highest BCUT2D eigenvalue weighted by Gasteiger charge is 2.37. The van der Waals surface area contributed by atoms with Gasteiger partial charge in [0.1, 0.15) is 6.04 Å². The van der Waals surface area contributed by atoms with Gasteiger partial charge in [0.05, 0.1) is 11.1 Å². The lowest BCUT2D eigenvalue weighted by Crippen LogP contribution is -2.44. The van der Waals surface area contributed by atoms with Crippen LogP contribution in [0, 0.1) is 0 Å². The van der Waals surface area contributed by atoms with Crippen molar-refractivity contribution in [2.75, 3.05) is 0 Å². The molecule has 162 valence electrons. The summed E-state index contributed by atoms with van der Waals surface area (Å²) in [6.07, 6.45) is -4.49. The van der Waals surface area contributed by atoms with Gasteiger partial charge < -0.3 is 11.1 Å². The van der Waals surface area contributed by atoms with E-state index in [-0.39, 0.29) is 12.5 Å². The third kappa shape index (κ3) is 8.16. The van der Waals surface area contributed by atoms with E-state index in [1.54, 1.807) is 6.08 Å². The van der Waals surface area contributed by atoms with Gasteiger partial charge >= 0.3 is 12.4 Å². The number of amides is 2. The summed E-state index contributed by atoms with van der Waals surface area (Å²) in [5, 5.41) is 2.13. The summed E-state index contributed by atoms with van der Waals surface area (Å²) in [7, 11) is 0. The first-order chi connectivity index (χ1) is 13.4. The van der Waals surface area contributed by atoms with Crippen molar-refractivity contribution in [2.45, 2.75) is 56.9 Å². The van der Waals surface area contributed by atoms with Crippen molar-refractivity contribution in [3.63, 3.8) is 0 Å². The zero-order valence-electron chi connectivity index (χ0n) is 15.5. The largest absolute Gasteiger partial charge is 0.416 e. The lowest BCUT2D eigenvalue weighted by molar-refractivity contribution is -0.143. The Morgan fingerprint density at radius 3 is 1.93 bits per heavy atom. The molecule has 0 saturated carbocycles. The van der Waals surface area contributed by atoms with E-state index in [0.717, 1.165) is 25.7 Å². The van der Waals surface area contributed by atoms with E-state index in [2.05, 4.69) is 11.9 Å². The third-order valence-electron chi connectivity index (χ3n) is 4.15. The van der Waals surface area contributed by atoms with Crippen molar-refractivity contribution in [3.05, 3.63) is 47.5 Å². The first-order valence-corrected chi connectivity index (χ1v) is 8.86. The molecule has 0 radical (unpaired) electrons. The van der Waals surface area contributed by atoms with Gasteiger partial charge in [-0.1, -0.05) is 25.3 Å². The van der Waals surface area contributed by atoms with E-state index in [1.165, 1.54) is 0 Å². The Labute approximate surface area is 164 Å². The molecule has 10 heteroatoms. The predicted molar refractivity (Wildman–Crippen MR) is 94.8 cm³/mol. The van der Waals surface area contributed by atoms with Gasteiger partial charge in [-0.3, -0.25) is 9.59 Å². The summed E-state index contributed by atoms with van der Waals surface area (Å²) in [5.74, 6) is -2.16. The Morgan fingerprint density at radius 2 is 1.48 bits per heavy atom. The van der Waals surface area contributed by atoms with Gasteiger partial charge in [-0.25, -0.2) is 0 Å². The van der Waals surface area contributed by atoms with E-state index in [4.69, 9.17) is 5.73 Å². The minimum absolute atomic E-state index is 0.0778. The lowest BCUT2D eigenvalue weighted by atomic mass is 10.0. The van der Waals surface area contributed by atoms with E-state index in [9.17, 15) is 35.9 Å². The molecule has 0 fully saturated rings. The highest BCUT2D eigenvalue weighted by Crippen LogP contribution is 2.36. The molecule has 0 aliphatic rings. The quantitative estimate of drug-likeness (QED) is 0.321. The number of benzene rings is 1. The minimum atomic E-state index is -5.08. The zero-order valence-corrected chi connectivity index (χ0v) is 15.5. The molecule has 3 N–H and O–H groups in total. The highest BCUT2D eigenvalue weighted by atomic mass is 19.4. The molecule has 0 heterocycles. The number of nitrogens with one attached hydrogen (secondary N) is 1. The molecule has 0 aliphatic heterocycles. The van der Waals surface area contributed by atoms with Gasteiger partial charge in [0.15, 0.2) is 0 Å². The average Bonchev–Trinajstić information content (AvgIpc) is 2.61. The number of primary amides is 1.